The fourth-order valence-corrected chi connectivity index (χ4v) is 2.97. The van der Waals surface area contributed by atoms with Gasteiger partial charge in [-0.2, -0.15) is 0 Å². The highest BCUT2D eigenvalue weighted by Gasteiger charge is 2.34. The van der Waals surface area contributed by atoms with Crippen LogP contribution in [0.4, 0.5) is 0 Å². The molecular formula is C16H19BrN2O2. The molecule has 0 spiro atoms. The molecule has 1 aliphatic carbocycles. The molecule has 4 nitrogen and oxygen atoms in total. The number of rotatable bonds is 2. The first kappa shape index (κ1) is 14.6. The Labute approximate surface area is 133 Å². The average Bonchev–Trinajstić information content (AvgIpc) is 3.33. The minimum Gasteiger partial charge on any atom is -0.341 e. The van der Waals surface area contributed by atoms with Gasteiger partial charge in [-0.15, -0.1) is 0 Å². The normalized spacial score (nSPS) is 19.3. The van der Waals surface area contributed by atoms with Gasteiger partial charge in [-0.05, 0) is 43.5 Å². The quantitative estimate of drug-likeness (QED) is 0.822. The Morgan fingerprint density at radius 2 is 1.57 bits per heavy atom. The fraction of sp³-hybridized carbons (Fsp3) is 0.500. The van der Waals surface area contributed by atoms with Crippen molar-refractivity contribution in [2.75, 3.05) is 26.2 Å². The zero-order chi connectivity index (χ0) is 14.8. The Hall–Kier alpha value is -1.36. The third-order valence-corrected chi connectivity index (χ3v) is 4.64. The number of benzene rings is 1. The molecule has 5 heteroatoms. The minimum absolute atomic E-state index is 0.0585. The number of carbonyl (C=O) groups excluding carboxylic acids is 2. The van der Waals surface area contributed by atoms with Crippen LogP contribution in [0.2, 0.25) is 0 Å². The van der Waals surface area contributed by atoms with E-state index in [0.29, 0.717) is 18.7 Å². The molecule has 1 aromatic carbocycles. The smallest absolute Gasteiger partial charge is 0.253 e. The van der Waals surface area contributed by atoms with E-state index >= 15 is 0 Å². The van der Waals surface area contributed by atoms with E-state index in [9.17, 15) is 9.59 Å². The summed E-state index contributed by atoms with van der Waals surface area (Å²) < 4.78 is 0.969. The molecule has 1 heterocycles. The molecular weight excluding hydrogens is 332 g/mol. The third kappa shape index (κ3) is 3.46. The molecule has 0 bridgehead atoms. The number of nitrogens with zero attached hydrogens (tertiary/aromatic N) is 2. The van der Waals surface area contributed by atoms with E-state index in [2.05, 4.69) is 15.9 Å². The summed E-state index contributed by atoms with van der Waals surface area (Å²) in [6, 6.07) is 7.44. The second-order valence-electron chi connectivity index (χ2n) is 5.75. The molecule has 0 aromatic heterocycles. The average molecular weight is 351 g/mol. The number of halogens is 1. The molecule has 21 heavy (non-hydrogen) atoms. The van der Waals surface area contributed by atoms with Crippen molar-refractivity contribution in [3.05, 3.63) is 34.3 Å². The van der Waals surface area contributed by atoms with Crippen LogP contribution in [0.25, 0.3) is 0 Å². The van der Waals surface area contributed by atoms with Crippen LogP contribution in [0.1, 0.15) is 29.6 Å². The van der Waals surface area contributed by atoms with Crippen LogP contribution in [0, 0.1) is 5.92 Å². The van der Waals surface area contributed by atoms with Crippen molar-refractivity contribution in [1.29, 1.82) is 0 Å². The fourth-order valence-electron chi connectivity index (χ4n) is 2.70. The van der Waals surface area contributed by atoms with Crippen molar-refractivity contribution >= 4 is 27.7 Å². The van der Waals surface area contributed by atoms with Crippen molar-refractivity contribution in [3.8, 4) is 0 Å². The Morgan fingerprint density at radius 1 is 0.952 bits per heavy atom. The van der Waals surface area contributed by atoms with Crippen LogP contribution in [-0.2, 0) is 4.79 Å². The van der Waals surface area contributed by atoms with Gasteiger partial charge in [0.15, 0.2) is 0 Å². The summed E-state index contributed by atoms with van der Waals surface area (Å²) in [5, 5.41) is 0. The van der Waals surface area contributed by atoms with Crippen LogP contribution in [0.5, 0.6) is 0 Å². The van der Waals surface area contributed by atoms with Gasteiger partial charge in [-0.1, -0.05) is 15.9 Å². The Bertz CT molecular complexity index is 540. The van der Waals surface area contributed by atoms with E-state index < -0.39 is 0 Å². The van der Waals surface area contributed by atoms with Gasteiger partial charge in [0.2, 0.25) is 5.91 Å². The standard InChI is InChI=1S/C16H19BrN2O2/c17-14-6-4-13(5-7-14)16(21)19-9-1-8-18(10-11-19)15(20)12-2-3-12/h4-7,12H,1-3,8-11H2. The largest absolute Gasteiger partial charge is 0.341 e. The van der Waals surface area contributed by atoms with E-state index in [1.807, 2.05) is 34.1 Å². The second kappa shape index (κ2) is 6.18. The predicted molar refractivity (Wildman–Crippen MR) is 84.0 cm³/mol. The van der Waals surface area contributed by atoms with Crippen LogP contribution in [-0.4, -0.2) is 47.8 Å². The maximum Gasteiger partial charge on any atom is 0.253 e. The summed E-state index contributed by atoms with van der Waals surface area (Å²) in [4.78, 5) is 28.4. The maximum absolute atomic E-state index is 12.5. The molecule has 0 radical (unpaired) electrons. The van der Waals surface area contributed by atoms with Crippen LogP contribution < -0.4 is 0 Å². The van der Waals surface area contributed by atoms with Gasteiger partial charge in [0.05, 0.1) is 0 Å². The van der Waals surface area contributed by atoms with Gasteiger partial charge in [0.25, 0.3) is 5.91 Å². The molecule has 2 amide bonds. The first-order valence-electron chi connectivity index (χ1n) is 7.49. The molecule has 2 fully saturated rings. The maximum atomic E-state index is 12.5. The lowest BCUT2D eigenvalue weighted by molar-refractivity contribution is -0.132. The summed E-state index contributed by atoms with van der Waals surface area (Å²) in [5.41, 5.74) is 0.708. The molecule has 1 aromatic rings. The van der Waals surface area contributed by atoms with Crippen molar-refractivity contribution in [2.24, 2.45) is 5.92 Å². The Balaban J connectivity index is 1.62. The highest BCUT2D eigenvalue weighted by atomic mass is 79.9. The van der Waals surface area contributed by atoms with Gasteiger partial charge in [0, 0.05) is 42.1 Å². The van der Waals surface area contributed by atoms with Crippen LogP contribution in [0.3, 0.4) is 0 Å². The third-order valence-electron chi connectivity index (χ3n) is 4.11. The number of carbonyl (C=O) groups is 2. The topological polar surface area (TPSA) is 40.6 Å². The first-order chi connectivity index (χ1) is 10.1. The number of amides is 2. The molecule has 1 aliphatic heterocycles. The molecule has 0 atom stereocenters. The monoisotopic (exact) mass is 350 g/mol. The Morgan fingerprint density at radius 3 is 2.24 bits per heavy atom. The number of hydrogen-bond acceptors (Lipinski definition) is 2. The molecule has 2 aliphatic rings. The summed E-state index contributed by atoms with van der Waals surface area (Å²) in [7, 11) is 0. The number of hydrogen-bond donors (Lipinski definition) is 0. The summed E-state index contributed by atoms with van der Waals surface area (Å²) in [6.07, 6.45) is 2.94. The van der Waals surface area contributed by atoms with E-state index in [0.717, 1.165) is 36.8 Å². The molecule has 1 saturated heterocycles. The molecule has 0 unspecified atom stereocenters. The van der Waals surface area contributed by atoms with Crippen LogP contribution >= 0.6 is 15.9 Å². The lowest BCUT2D eigenvalue weighted by atomic mass is 10.2. The lowest BCUT2D eigenvalue weighted by Gasteiger charge is -2.22. The zero-order valence-electron chi connectivity index (χ0n) is 11.9. The summed E-state index contributed by atoms with van der Waals surface area (Å²) in [5.74, 6) is 0.606. The first-order valence-corrected chi connectivity index (χ1v) is 8.28. The van der Waals surface area contributed by atoms with Gasteiger partial charge >= 0.3 is 0 Å². The minimum atomic E-state index is 0.0585. The summed E-state index contributed by atoms with van der Waals surface area (Å²) in [6.45, 7) is 2.80. The van der Waals surface area contributed by atoms with E-state index in [1.165, 1.54) is 0 Å². The second-order valence-corrected chi connectivity index (χ2v) is 6.67. The van der Waals surface area contributed by atoms with E-state index in [4.69, 9.17) is 0 Å². The van der Waals surface area contributed by atoms with Gasteiger partial charge in [-0.3, -0.25) is 9.59 Å². The Kier molecular flexibility index (Phi) is 4.29. The van der Waals surface area contributed by atoms with Gasteiger partial charge < -0.3 is 9.80 Å². The van der Waals surface area contributed by atoms with Crippen LogP contribution in [0.15, 0.2) is 28.7 Å². The van der Waals surface area contributed by atoms with Crippen molar-refractivity contribution in [3.63, 3.8) is 0 Å². The molecule has 112 valence electrons. The molecule has 0 N–H and O–H groups in total. The van der Waals surface area contributed by atoms with Crippen molar-refractivity contribution in [2.45, 2.75) is 19.3 Å². The predicted octanol–water partition coefficient (Wildman–Crippen LogP) is 2.53. The molecule has 3 rings (SSSR count). The van der Waals surface area contributed by atoms with Crippen molar-refractivity contribution < 1.29 is 9.59 Å². The zero-order valence-corrected chi connectivity index (χ0v) is 13.5. The highest BCUT2D eigenvalue weighted by molar-refractivity contribution is 9.10. The lowest BCUT2D eigenvalue weighted by Crippen LogP contribution is -2.37. The van der Waals surface area contributed by atoms with E-state index in [-0.39, 0.29) is 17.7 Å². The van der Waals surface area contributed by atoms with E-state index in [1.54, 1.807) is 0 Å². The SMILES string of the molecule is O=C(c1ccc(Br)cc1)N1CCCN(C(=O)C2CC2)CC1. The summed E-state index contributed by atoms with van der Waals surface area (Å²) >= 11 is 3.38. The molecule has 1 saturated carbocycles. The van der Waals surface area contributed by atoms with Gasteiger partial charge in [-0.25, -0.2) is 0 Å². The van der Waals surface area contributed by atoms with Crippen molar-refractivity contribution in [1.82, 2.24) is 9.80 Å². The van der Waals surface area contributed by atoms with Gasteiger partial charge in [0.1, 0.15) is 0 Å². The highest BCUT2D eigenvalue weighted by Crippen LogP contribution is 2.31.